The molecule has 0 aromatic carbocycles. The molecular formula is C8H10N2O2. The van der Waals surface area contributed by atoms with Gasteiger partial charge in [0.2, 0.25) is 0 Å². The van der Waals surface area contributed by atoms with Crippen molar-refractivity contribution >= 4 is 6.29 Å². The van der Waals surface area contributed by atoms with E-state index in [1.807, 2.05) is 6.92 Å². The highest BCUT2D eigenvalue weighted by atomic mass is 16.1. The Hall–Kier alpha value is -1.45. The topological polar surface area (TPSA) is 62.8 Å². The molecule has 0 amide bonds. The van der Waals surface area contributed by atoms with Gasteiger partial charge in [0, 0.05) is 18.9 Å². The number of carbonyl (C=O) groups excluding carboxylic acids is 1. The van der Waals surface area contributed by atoms with Crippen molar-refractivity contribution in [3.8, 4) is 0 Å². The number of aromatic nitrogens is 2. The van der Waals surface area contributed by atoms with Crippen molar-refractivity contribution in [2.75, 3.05) is 0 Å². The molecule has 1 heterocycles. The molecule has 1 aromatic heterocycles. The number of aryl methyl sites for hydroxylation is 1. The van der Waals surface area contributed by atoms with E-state index < -0.39 is 0 Å². The van der Waals surface area contributed by atoms with E-state index in [0.29, 0.717) is 17.9 Å². The molecule has 0 aliphatic rings. The van der Waals surface area contributed by atoms with E-state index in [9.17, 15) is 9.59 Å². The molecule has 0 aliphatic carbocycles. The standard InChI is InChI=1S/C8H10N2O2/c1-2-7-9-6(3-4-11)5-8(12)10-7/h4-5H,2-3H2,1H3,(H,9,10,12). The van der Waals surface area contributed by atoms with Crippen LogP contribution in [0.3, 0.4) is 0 Å². The zero-order valence-electron chi connectivity index (χ0n) is 6.83. The number of hydrogen-bond donors (Lipinski definition) is 1. The molecule has 1 N–H and O–H groups in total. The molecule has 0 bridgehead atoms. The summed E-state index contributed by atoms with van der Waals surface area (Å²) in [5, 5.41) is 0. The minimum atomic E-state index is -0.196. The molecule has 1 aromatic rings. The van der Waals surface area contributed by atoms with E-state index in [2.05, 4.69) is 9.97 Å². The largest absolute Gasteiger partial charge is 0.311 e. The summed E-state index contributed by atoms with van der Waals surface area (Å²) in [5.41, 5.74) is 0.337. The number of nitrogens with one attached hydrogen (secondary N) is 1. The third-order valence-electron chi connectivity index (χ3n) is 1.47. The van der Waals surface area contributed by atoms with Gasteiger partial charge in [-0.15, -0.1) is 0 Å². The minimum absolute atomic E-state index is 0.196. The Morgan fingerprint density at radius 3 is 3.00 bits per heavy atom. The molecule has 4 heteroatoms. The smallest absolute Gasteiger partial charge is 0.251 e. The van der Waals surface area contributed by atoms with E-state index >= 15 is 0 Å². The molecule has 1 rings (SSSR count). The average molecular weight is 166 g/mol. The van der Waals surface area contributed by atoms with Crippen molar-refractivity contribution in [3.63, 3.8) is 0 Å². The van der Waals surface area contributed by atoms with Crippen LogP contribution in [-0.2, 0) is 17.6 Å². The Balaban J connectivity index is 3.05. The number of carbonyl (C=O) groups is 1. The van der Waals surface area contributed by atoms with Crippen LogP contribution in [0.4, 0.5) is 0 Å². The molecule has 64 valence electrons. The van der Waals surface area contributed by atoms with Crippen LogP contribution in [0.1, 0.15) is 18.4 Å². The Labute approximate surface area is 69.7 Å². The van der Waals surface area contributed by atoms with Gasteiger partial charge in [-0.3, -0.25) is 4.79 Å². The summed E-state index contributed by atoms with van der Waals surface area (Å²) < 4.78 is 0. The number of rotatable bonds is 3. The molecule has 0 fully saturated rings. The van der Waals surface area contributed by atoms with Gasteiger partial charge >= 0.3 is 0 Å². The molecule has 0 unspecified atom stereocenters. The number of nitrogens with zero attached hydrogens (tertiary/aromatic N) is 1. The maximum absolute atomic E-state index is 10.9. The van der Waals surface area contributed by atoms with Gasteiger partial charge in [-0.25, -0.2) is 4.98 Å². The van der Waals surface area contributed by atoms with Crippen LogP contribution in [0.5, 0.6) is 0 Å². The molecule has 12 heavy (non-hydrogen) atoms. The summed E-state index contributed by atoms with van der Waals surface area (Å²) in [6.07, 6.45) is 1.61. The lowest BCUT2D eigenvalue weighted by molar-refractivity contribution is -0.107. The zero-order valence-corrected chi connectivity index (χ0v) is 6.83. The number of hydrogen-bond acceptors (Lipinski definition) is 3. The Kier molecular flexibility index (Phi) is 2.74. The molecule has 0 saturated carbocycles. The van der Waals surface area contributed by atoms with Gasteiger partial charge in [-0.1, -0.05) is 6.92 Å². The van der Waals surface area contributed by atoms with Crippen LogP contribution in [0.15, 0.2) is 10.9 Å². The Morgan fingerprint density at radius 1 is 1.67 bits per heavy atom. The Morgan fingerprint density at radius 2 is 2.42 bits per heavy atom. The Bertz CT molecular complexity index is 330. The van der Waals surface area contributed by atoms with Crippen molar-refractivity contribution in [1.82, 2.24) is 9.97 Å². The highest BCUT2D eigenvalue weighted by molar-refractivity contribution is 5.53. The predicted octanol–water partition coefficient (Wildman–Crippen LogP) is 0.0737. The van der Waals surface area contributed by atoms with Gasteiger partial charge in [0.15, 0.2) is 0 Å². The lowest BCUT2D eigenvalue weighted by Gasteiger charge is -1.97. The van der Waals surface area contributed by atoms with Crippen LogP contribution in [-0.4, -0.2) is 16.3 Å². The van der Waals surface area contributed by atoms with Gasteiger partial charge in [0.1, 0.15) is 12.1 Å². The van der Waals surface area contributed by atoms with Gasteiger partial charge in [-0.2, -0.15) is 0 Å². The quantitative estimate of drug-likeness (QED) is 0.646. The summed E-state index contributed by atoms with van der Waals surface area (Å²) >= 11 is 0. The average Bonchev–Trinajstić information content (AvgIpc) is 2.04. The first-order valence-corrected chi connectivity index (χ1v) is 3.79. The highest BCUT2D eigenvalue weighted by Crippen LogP contribution is 1.92. The normalized spacial score (nSPS) is 9.75. The summed E-state index contributed by atoms with van der Waals surface area (Å²) in [6, 6.07) is 1.34. The maximum atomic E-state index is 10.9. The van der Waals surface area contributed by atoms with Gasteiger partial charge in [0.25, 0.3) is 5.56 Å². The van der Waals surface area contributed by atoms with Crippen molar-refractivity contribution in [2.24, 2.45) is 0 Å². The van der Waals surface area contributed by atoms with Crippen molar-refractivity contribution in [2.45, 2.75) is 19.8 Å². The molecule has 0 atom stereocenters. The first kappa shape index (κ1) is 8.64. The fourth-order valence-corrected chi connectivity index (χ4v) is 0.921. The first-order chi connectivity index (χ1) is 5.76. The second-order valence-corrected chi connectivity index (χ2v) is 2.41. The monoisotopic (exact) mass is 166 g/mol. The highest BCUT2D eigenvalue weighted by Gasteiger charge is 1.97. The van der Waals surface area contributed by atoms with E-state index in [4.69, 9.17) is 0 Å². The maximum Gasteiger partial charge on any atom is 0.251 e. The van der Waals surface area contributed by atoms with Gasteiger partial charge in [-0.05, 0) is 0 Å². The summed E-state index contributed by atoms with van der Waals surface area (Å²) in [5.74, 6) is 0.624. The van der Waals surface area contributed by atoms with Crippen LogP contribution >= 0.6 is 0 Å². The lowest BCUT2D eigenvalue weighted by atomic mass is 10.3. The van der Waals surface area contributed by atoms with E-state index in [-0.39, 0.29) is 12.0 Å². The summed E-state index contributed by atoms with van der Waals surface area (Å²) in [7, 11) is 0. The minimum Gasteiger partial charge on any atom is -0.311 e. The molecule has 0 radical (unpaired) electrons. The molecular weight excluding hydrogens is 156 g/mol. The third-order valence-corrected chi connectivity index (χ3v) is 1.47. The van der Waals surface area contributed by atoms with Crippen molar-refractivity contribution < 1.29 is 4.79 Å². The lowest BCUT2D eigenvalue weighted by Crippen LogP contribution is -2.12. The van der Waals surface area contributed by atoms with Crippen LogP contribution in [0.2, 0.25) is 0 Å². The van der Waals surface area contributed by atoms with Crippen LogP contribution in [0, 0.1) is 0 Å². The second kappa shape index (κ2) is 3.80. The fourth-order valence-electron chi connectivity index (χ4n) is 0.921. The van der Waals surface area contributed by atoms with Crippen molar-refractivity contribution in [1.29, 1.82) is 0 Å². The number of H-pyrrole nitrogens is 1. The molecule has 0 aliphatic heterocycles. The zero-order chi connectivity index (χ0) is 8.97. The molecule has 4 nitrogen and oxygen atoms in total. The SMILES string of the molecule is CCc1nc(CC=O)cc(=O)[nH]1. The van der Waals surface area contributed by atoms with E-state index in [1.165, 1.54) is 6.07 Å². The third kappa shape index (κ3) is 2.02. The summed E-state index contributed by atoms with van der Waals surface area (Å²) in [6.45, 7) is 1.89. The van der Waals surface area contributed by atoms with Gasteiger partial charge < -0.3 is 9.78 Å². The fraction of sp³-hybridized carbons (Fsp3) is 0.375. The summed E-state index contributed by atoms with van der Waals surface area (Å²) in [4.78, 5) is 27.7. The van der Waals surface area contributed by atoms with Crippen LogP contribution < -0.4 is 5.56 Å². The van der Waals surface area contributed by atoms with Gasteiger partial charge in [0.05, 0.1) is 5.69 Å². The van der Waals surface area contributed by atoms with E-state index in [0.717, 1.165) is 6.29 Å². The van der Waals surface area contributed by atoms with E-state index in [1.54, 1.807) is 0 Å². The van der Waals surface area contributed by atoms with Crippen molar-refractivity contribution in [3.05, 3.63) is 27.9 Å². The van der Waals surface area contributed by atoms with Crippen LogP contribution in [0.25, 0.3) is 0 Å². The first-order valence-electron chi connectivity index (χ1n) is 3.79. The predicted molar refractivity (Wildman–Crippen MR) is 44.0 cm³/mol. The second-order valence-electron chi connectivity index (χ2n) is 2.41. The molecule has 0 saturated heterocycles. The number of aromatic amines is 1. The number of aldehydes is 1. The molecule has 0 spiro atoms.